The Morgan fingerprint density at radius 2 is 1.97 bits per heavy atom. The van der Waals surface area contributed by atoms with Gasteiger partial charge in [-0.25, -0.2) is 14.8 Å². The summed E-state index contributed by atoms with van der Waals surface area (Å²) in [5.74, 6) is -0.520. The van der Waals surface area contributed by atoms with Crippen LogP contribution in [0.25, 0.3) is 5.65 Å². The van der Waals surface area contributed by atoms with Gasteiger partial charge >= 0.3 is 5.97 Å². The first kappa shape index (κ1) is 20.3. The molecular formula is C22H16BrN3O3S. The van der Waals surface area contributed by atoms with Gasteiger partial charge in [-0.1, -0.05) is 33.8 Å². The number of benzene rings is 1. The Morgan fingerprint density at radius 3 is 2.77 bits per heavy atom. The van der Waals surface area contributed by atoms with Crippen LogP contribution >= 0.6 is 27.7 Å². The van der Waals surface area contributed by atoms with Gasteiger partial charge in [-0.05, 0) is 55.0 Å². The maximum Gasteiger partial charge on any atom is 0.341 e. The lowest BCUT2D eigenvalue weighted by Gasteiger charge is -2.09. The van der Waals surface area contributed by atoms with Crippen LogP contribution in [0.1, 0.15) is 21.6 Å². The molecular weight excluding hydrogens is 466 g/mol. The summed E-state index contributed by atoms with van der Waals surface area (Å²) in [5, 5.41) is 0.548. The Hall–Kier alpha value is -2.97. The van der Waals surface area contributed by atoms with Gasteiger partial charge in [0, 0.05) is 27.8 Å². The quantitative estimate of drug-likeness (QED) is 0.385. The van der Waals surface area contributed by atoms with E-state index in [2.05, 4.69) is 25.9 Å². The number of aryl methyl sites for hydroxylation is 1. The number of nitrogens with zero attached hydrogens (tertiary/aromatic N) is 3. The van der Waals surface area contributed by atoms with Crippen LogP contribution in [-0.4, -0.2) is 20.3 Å². The summed E-state index contributed by atoms with van der Waals surface area (Å²) in [5.41, 5.74) is 1.99. The first-order valence-electron chi connectivity index (χ1n) is 9.04. The van der Waals surface area contributed by atoms with Gasteiger partial charge in [-0.3, -0.25) is 9.20 Å². The lowest BCUT2D eigenvalue weighted by atomic mass is 10.3. The second kappa shape index (κ2) is 8.81. The highest BCUT2D eigenvalue weighted by Crippen LogP contribution is 2.30. The minimum atomic E-state index is -0.520. The second-order valence-corrected chi connectivity index (χ2v) is 8.49. The topological polar surface area (TPSA) is 73.6 Å². The molecule has 0 saturated carbocycles. The van der Waals surface area contributed by atoms with E-state index in [0.717, 1.165) is 14.9 Å². The molecule has 4 aromatic rings. The maximum atomic E-state index is 12.7. The number of aromatic nitrogens is 3. The van der Waals surface area contributed by atoms with Crippen LogP contribution in [0.2, 0.25) is 0 Å². The molecule has 4 rings (SSSR count). The number of hydrogen-bond acceptors (Lipinski definition) is 6. The monoisotopic (exact) mass is 481 g/mol. The van der Waals surface area contributed by atoms with Crippen molar-refractivity contribution >= 4 is 39.3 Å². The first-order valence-corrected chi connectivity index (χ1v) is 10.6. The Bertz CT molecular complexity index is 1290. The fraction of sp³-hybridized carbons (Fsp3) is 0.0909. The summed E-state index contributed by atoms with van der Waals surface area (Å²) in [7, 11) is 0. The van der Waals surface area contributed by atoms with Crippen molar-refractivity contribution in [3.63, 3.8) is 0 Å². The van der Waals surface area contributed by atoms with Crippen molar-refractivity contribution in [3.05, 3.63) is 98.6 Å². The molecule has 0 fully saturated rings. The van der Waals surface area contributed by atoms with Crippen molar-refractivity contribution in [2.24, 2.45) is 0 Å². The summed E-state index contributed by atoms with van der Waals surface area (Å²) in [6.45, 7) is 1.80. The lowest BCUT2D eigenvalue weighted by Crippen LogP contribution is -2.17. The van der Waals surface area contributed by atoms with Crippen LogP contribution in [0, 0.1) is 6.92 Å². The molecule has 0 radical (unpaired) electrons. The number of hydrogen-bond donors (Lipinski definition) is 0. The van der Waals surface area contributed by atoms with E-state index >= 15 is 0 Å². The third-order valence-electron chi connectivity index (χ3n) is 4.23. The highest BCUT2D eigenvalue weighted by atomic mass is 79.9. The van der Waals surface area contributed by atoms with E-state index in [1.54, 1.807) is 30.6 Å². The van der Waals surface area contributed by atoms with Crippen molar-refractivity contribution in [2.45, 2.75) is 23.5 Å². The minimum Gasteiger partial charge on any atom is -0.456 e. The first-order chi connectivity index (χ1) is 14.5. The summed E-state index contributed by atoms with van der Waals surface area (Å²) in [6.07, 6.45) is 3.35. The van der Waals surface area contributed by atoms with Crippen LogP contribution in [0.15, 0.2) is 86.2 Å². The fourth-order valence-electron chi connectivity index (χ4n) is 2.79. The molecule has 0 saturated heterocycles. The average Bonchev–Trinajstić information content (AvgIpc) is 2.74. The maximum absolute atomic E-state index is 12.7. The van der Waals surface area contributed by atoms with Crippen LogP contribution < -0.4 is 5.56 Å². The van der Waals surface area contributed by atoms with E-state index < -0.39 is 5.97 Å². The number of esters is 1. The predicted octanol–water partition coefficient (Wildman–Crippen LogP) is 4.67. The molecule has 30 heavy (non-hydrogen) atoms. The number of fused-ring (bicyclic) bond motifs is 1. The largest absolute Gasteiger partial charge is 0.456 e. The Morgan fingerprint density at radius 1 is 1.17 bits per heavy atom. The normalized spacial score (nSPS) is 10.9. The summed E-state index contributed by atoms with van der Waals surface area (Å²) >= 11 is 4.78. The van der Waals surface area contributed by atoms with Gasteiger partial charge in [0.05, 0.1) is 11.3 Å². The van der Waals surface area contributed by atoms with Gasteiger partial charge in [-0.15, -0.1) is 0 Å². The molecule has 0 unspecified atom stereocenters. The lowest BCUT2D eigenvalue weighted by molar-refractivity contribution is 0.0462. The molecule has 1 aromatic carbocycles. The molecule has 0 bridgehead atoms. The number of carbonyl (C=O) groups is 1. The Kier molecular flexibility index (Phi) is 5.96. The second-order valence-electron chi connectivity index (χ2n) is 6.51. The number of pyridine rings is 2. The Labute approximate surface area is 185 Å². The summed E-state index contributed by atoms with van der Waals surface area (Å²) in [6, 6.07) is 16.1. The van der Waals surface area contributed by atoms with E-state index in [0.29, 0.717) is 21.9 Å². The van der Waals surface area contributed by atoms with E-state index in [-0.39, 0.29) is 12.2 Å². The highest BCUT2D eigenvalue weighted by Gasteiger charge is 2.16. The van der Waals surface area contributed by atoms with Crippen LogP contribution in [0.4, 0.5) is 0 Å². The molecule has 0 atom stereocenters. The van der Waals surface area contributed by atoms with Gasteiger partial charge in [0.2, 0.25) is 0 Å². The van der Waals surface area contributed by atoms with Crippen molar-refractivity contribution in [1.82, 2.24) is 14.4 Å². The average molecular weight is 482 g/mol. The standard InChI is InChI=1S/C22H16BrN3O3S/c1-14-4-9-19-25-16(11-20(27)26(19)12-14)13-29-22(28)18-3-2-10-24-21(18)30-17-7-5-15(23)6-8-17/h2-12H,13H2,1H3. The summed E-state index contributed by atoms with van der Waals surface area (Å²) in [4.78, 5) is 34.7. The van der Waals surface area contributed by atoms with E-state index in [4.69, 9.17) is 4.74 Å². The molecule has 8 heteroatoms. The molecule has 150 valence electrons. The highest BCUT2D eigenvalue weighted by molar-refractivity contribution is 9.10. The van der Waals surface area contributed by atoms with E-state index in [1.165, 1.54) is 22.2 Å². The molecule has 0 amide bonds. The van der Waals surface area contributed by atoms with Gasteiger partial charge < -0.3 is 4.74 Å². The predicted molar refractivity (Wildman–Crippen MR) is 118 cm³/mol. The van der Waals surface area contributed by atoms with Crippen molar-refractivity contribution < 1.29 is 9.53 Å². The van der Waals surface area contributed by atoms with E-state index in [9.17, 15) is 9.59 Å². The molecule has 0 spiro atoms. The number of ether oxygens (including phenoxy) is 1. The molecule has 6 nitrogen and oxygen atoms in total. The van der Waals surface area contributed by atoms with Crippen molar-refractivity contribution in [2.75, 3.05) is 0 Å². The van der Waals surface area contributed by atoms with E-state index in [1.807, 2.05) is 37.3 Å². The molecule has 3 heterocycles. The summed E-state index contributed by atoms with van der Waals surface area (Å²) < 4.78 is 7.87. The molecule has 0 aliphatic rings. The number of carbonyl (C=O) groups excluding carboxylic acids is 1. The van der Waals surface area contributed by atoms with Gasteiger partial charge in [0.15, 0.2) is 0 Å². The molecule has 0 N–H and O–H groups in total. The van der Waals surface area contributed by atoms with Gasteiger partial charge in [-0.2, -0.15) is 0 Å². The van der Waals surface area contributed by atoms with Crippen LogP contribution in [-0.2, 0) is 11.3 Å². The van der Waals surface area contributed by atoms with Crippen molar-refractivity contribution in [3.8, 4) is 0 Å². The molecule has 3 aromatic heterocycles. The van der Waals surface area contributed by atoms with Crippen LogP contribution in [0.3, 0.4) is 0 Å². The third kappa shape index (κ3) is 4.60. The molecule has 0 aliphatic carbocycles. The fourth-order valence-corrected chi connectivity index (χ4v) is 3.93. The Balaban J connectivity index is 1.52. The SMILES string of the molecule is Cc1ccc2nc(COC(=O)c3cccnc3Sc3ccc(Br)cc3)cc(=O)n2c1. The minimum absolute atomic E-state index is 0.101. The van der Waals surface area contributed by atoms with Crippen molar-refractivity contribution in [1.29, 1.82) is 0 Å². The van der Waals surface area contributed by atoms with Gasteiger partial charge in [0.1, 0.15) is 17.3 Å². The number of rotatable bonds is 5. The smallest absolute Gasteiger partial charge is 0.341 e. The molecule has 0 aliphatic heterocycles. The van der Waals surface area contributed by atoms with Crippen LogP contribution in [0.5, 0.6) is 0 Å². The van der Waals surface area contributed by atoms with Gasteiger partial charge in [0.25, 0.3) is 5.56 Å². The number of halogens is 1. The zero-order chi connectivity index (χ0) is 21.1. The zero-order valence-corrected chi connectivity index (χ0v) is 18.3. The third-order valence-corrected chi connectivity index (χ3v) is 5.79. The zero-order valence-electron chi connectivity index (χ0n) is 15.9.